The number of hydrogen-bond acceptors (Lipinski definition) is 5. The van der Waals surface area contributed by atoms with E-state index in [9.17, 15) is 4.79 Å². The van der Waals surface area contributed by atoms with Gasteiger partial charge in [-0.2, -0.15) is 0 Å². The quantitative estimate of drug-likeness (QED) is 0.487. The largest absolute Gasteiger partial charge is 0.497 e. The summed E-state index contributed by atoms with van der Waals surface area (Å²) in [6, 6.07) is 14.0. The van der Waals surface area contributed by atoms with Crippen LogP contribution in [-0.2, 0) is 11.2 Å². The number of hydrogen-bond donors (Lipinski definition) is 1. The smallest absolute Gasteiger partial charge is 0.260 e. The van der Waals surface area contributed by atoms with E-state index in [1.54, 1.807) is 25.4 Å². The molecule has 0 saturated carbocycles. The minimum absolute atomic E-state index is 0.123. The zero-order chi connectivity index (χ0) is 22.4. The first-order chi connectivity index (χ1) is 14.9. The zero-order valence-electron chi connectivity index (χ0n) is 18.8. The van der Waals surface area contributed by atoms with E-state index in [2.05, 4.69) is 36.3 Å². The van der Waals surface area contributed by atoms with Crippen LogP contribution in [-0.4, -0.2) is 30.6 Å². The number of benzene rings is 2. The van der Waals surface area contributed by atoms with E-state index < -0.39 is 6.10 Å². The number of aryl methyl sites for hydroxylation is 1. The lowest BCUT2D eigenvalue weighted by atomic mass is 10.0. The molecule has 0 aliphatic heterocycles. The summed E-state index contributed by atoms with van der Waals surface area (Å²) in [6.45, 7) is 8.57. The van der Waals surface area contributed by atoms with Gasteiger partial charge in [0.2, 0.25) is 0 Å². The van der Waals surface area contributed by atoms with Gasteiger partial charge in [-0.25, -0.2) is 4.98 Å². The fourth-order valence-electron chi connectivity index (χ4n) is 3.21. The second-order valence-corrected chi connectivity index (χ2v) is 8.73. The van der Waals surface area contributed by atoms with Crippen LogP contribution in [0.2, 0.25) is 0 Å². The SMILES string of the molecule is COc1ccc(-c2nc(CCNC(=O)[C@H](C)Oc3cc(C)ccc3C(C)C)cs2)cc1. The number of amides is 1. The molecule has 0 fully saturated rings. The maximum absolute atomic E-state index is 12.5. The summed E-state index contributed by atoms with van der Waals surface area (Å²) in [4.78, 5) is 17.2. The fourth-order valence-corrected chi connectivity index (χ4v) is 4.07. The highest BCUT2D eigenvalue weighted by Crippen LogP contribution is 2.28. The van der Waals surface area contributed by atoms with Crippen LogP contribution in [0.3, 0.4) is 0 Å². The number of methoxy groups -OCH3 is 1. The summed E-state index contributed by atoms with van der Waals surface area (Å²) in [6.07, 6.45) is 0.108. The summed E-state index contributed by atoms with van der Waals surface area (Å²) in [5.74, 6) is 1.81. The van der Waals surface area contributed by atoms with Crippen molar-refractivity contribution < 1.29 is 14.3 Å². The van der Waals surface area contributed by atoms with Crippen LogP contribution in [0, 0.1) is 6.92 Å². The molecule has 1 amide bonds. The number of aromatic nitrogens is 1. The highest BCUT2D eigenvalue weighted by Gasteiger charge is 2.17. The summed E-state index contributed by atoms with van der Waals surface area (Å²) >= 11 is 1.60. The van der Waals surface area contributed by atoms with E-state index in [1.807, 2.05) is 42.6 Å². The number of thiazole rings is 1. The Hall–Kier alpha value is -2.86. The van der Waals surface area contributed by atoms with Gasteiger partial charge in [0.25, 0.3) is 5.91 Å². The lowest BCUT2D eigenvalue weighted by Crippen LogP contribution is -2.37. The molecule has 6 heteroatoms. The summed E-state index contributed by atoms with van der Waals surface area (Å²) < 4.78 is 11.2. The Morgan fingerprint density at radius 1 is 1.13 bits per heavy atom. The Labute approximate surface area is 188 Å². The summed E-state index contributed by atoms with van der Waals surface area (Å²) in [7, 11) is 1.65. The topological polar surface area (TPSA) is 60.5 Å². The van der Waals surface area contributed by atoms with Crippen LogP contribution >= 0.6 is 11.3 Å². The van der Waals surface area contributed by atoms with Crippen LogP contribution < -0.4 is 14.8 Å². The van der Waals surface area contributed by atoms with E-state index in [0.29, 0.717) is 18.9 Å². The van der Waals surface area contributed by atoms with E-state index in [-0.39, 0.29) is 5.91 Å². The molecule has 0 spiro atoms. The van der Waals surface area contributed by atoms with Crippen molar-refractivity contribution in [2.45, 2.75) is 46.1 Å². The average Bonchev–Trinajstić information content (AvgIpc) is 3.22. The fraction of sp³-hybridized carbons (Fsp3) is 0.360. The Balaban J connectivity index is 1.52. The van der Waals surface area contributed by atoms with E-state index in [0.717, 1.165) is 38.9 Å². The molecule has 3 rings (SSSR count). The van der Waals surface area contributed by atoms with Gasteiger partial charge in [-0.1, -0.05) is 26.0 Å². The molecule has 0 saturated heterocycles. The van der Waals surface area contributed by atoms with E-state index >= 15 is 0 Å². The molecule has 0 bridgehead atoms. The molecule has 0 aliphatic carbocycles. The maximum atomic E-state index is 12.5. The lowest BCUT2D eigenvalue weighted by molar-refractivity contribution is -0.127. The summed E-state index contributed by atoms with van der Waals surface area (Å²) in [5.41, 5.74) is 4.25. The average molecular weight is 439 g/mol. The molecule has 0 aliphatic rings. The lowest BCUT2D eigenvalue weighted by Gasteiger charge is -2.19. The van der Waals surface area contributed by atoms with Crippen molar-refractivity contribution in [2.24, 2.45) is 0 Å². The van der Waals surface area contributed by atoms with Gasteiger partial charge in [-0.05, 0) is 61.2 Å². The van der Waals surface area contributed by atoms with Crippen molar-refractivity contribution >= 4 is 17.2 Å². The van der Waals surface area contributed by atoms with Gasteiger partial charge in [0.1, 0.15) is 16.5 Å². The van der Waals surface area contributed by atoms with Crippen LogP contribution in [0.25, 0.3) is 10.6 Å². The number of rotatable bonds is 9. The molecule has 1 heterocycles. The highest BCUT2D eigenvalue weighted by atomic mass is 32.1. The van der Waals surface area contributed by atoms with E-state index in [4.69, 9.17) is 9.47 Å². The molecule has 2 aromatic carbocycles. The first-order valence-electron chi connectivity index (χ1n) is 10.5. The van der Waals surface area contributed by atoms with Gasteiger partial charge < -0.3 is 14.8 Å². The highest BCUT2D eigenvalue weighted by molar-refractivity contribution is 7.13. The van der Waals surface area contributed by atoms with Crippen molar-refractivity contribution in [1.29, 1.82) is 0 Å². The molecule has 5 nitrogen and oxygen atoms in total. The van der Waals surface area contributed by atoms with Gasteiger partial charge in [-0.15, -0.1) is 11.3 Å². The predicted octanol–water partition coefficient (Wildman–Crippen LogP) is 5.38. The summed E-state index contributed by atoms with van der Waals surface area (Å²) in [5, 5.41) is 5.96. The van der Waals surface area contributed by atoms with Crippen LogP contribution in [0.5, 0.6) is 11.5 Å². The third kappa shape index (κ3) is 6.07. The van der Waals surface area contributed by atoms with Crippen LogP contribution in [0.1, 0.15) is 43.5 Å². The maximum Gasteiger partial charge on any atom is 0.260 e. The van der Waals surface area contributed by atoms with Crippen molar-refractivity contribution in [3.05, 3.63) is 64.7 Å². The van der Waals surface area contributed by atoms with Gasteiger partial charge in [-0.3, -0.25) is 4.79 Å². The molecular weight excluding hydrogens is 408 g/mol. The molecule has 0 unspecified atom stereocenters. The minimum atomic E-state index is -0.565. The van der Waals surface area contributed by atoms with Gasteiger partial charge in [0.05, 0.1) is 12.8 Å². The molecular formula is C25H30N2O3S. The molecule has 31 heavy (non-hydrogen) atoms. The monoisotopic (exact) mass is 438 g/mol. The van der Waals surface area contributed by atoms with Crippen molar-refractivity contribution in [3.63, 3.8) is 0 Å². The second-order valence-electron chi connectivity index (χ2n) is 7.87. The first kappa shape index (κ1) is 22.8. The number of nitrogens with zero attached hydrogens (tertiary/aromatic N) is 1. The van der Waals surface area contributed by atoms with Crippen molar-refractivity contribution in [1.82, 2.24) is 10.3 Å². The van der Waals surface area contributed by atoms with Gasteiger partial charge in [0.15, 0.2) is 6.10 Å². The van der Waals surface area contributed by atoms with Crippen molar-refractivity contribution in [2.75, 3.05) is 13.7 Å². The minimum Gasteiger partial charge on any atom is -0.497 e. The van der Waals surface area contributed by atoms with Crippen LogP contribution in [0.15, 0.2) is 47.8 Å². The molecule has 0 radical (unpaired) electrons. The molecule has 1 N–H and O–H groups in total. The van der Waals surface area contributed by atoms with Crippen molar-refractivity contribution in [3.8, 4) is 22.1 Å². The number of carbonyl (C=O) groups excluding carboxylic acids is 1. The third-order valence-electron chi connectivity index (χ3n) is 5.03. The Morgan fingerprint density at radius 2 is 1.87 bits per heavy atom. The molecule has 164 valence electrons. The first-order valence-corrected chi connectivity index (χ1v) is 11.4. The number of ether oxygens (including phenoxy) is 2. The van der Waals surface area contributed by atoms with E-state index in [1.165, 1.54) is 0 Å². The Bertz CT molecular complexity index is 1010. The van der Waals surface area contributed by atoms with Gasteiger partial charge in [0, 0.05) is 23.9 Å². The molecule has 3 aromatic rings. The normalized spacial score (nSPS) is 11.9. The Kier molecular flexibility index (Phi) is 7.69. The second kappa shape index (κ2) is 10.4. The third-order valence-corrected chi connectivity index (χ3v) is 5.97. The van der Waals surface area contributed by atoms with Gasteiger partial charge >= 0.3 is 0 Å². The zero-order valence-corrected chi connectivity index (χ0v) is 19.6. The molecule has 1 aromatic heterocycles. The standard InChI is InChI=1S/C25H30N2O3S/c1-16(2)22-11-6-17(3)14-23(22)30-18(4)24(28)26-13-12-20-15-31-25(27-20)19-7-9-21(29-5)10-8-19/h6-11,14-16,18H,12-13H2,1-5H3,(H,26,28)/t18-/m0/s1. The number of carbonyl (C=O) groups is 1. The number of nitrogens with one attached hydrogen (secondary N) is 1. The molecule has 1 atom stereocenters. The Morgan fingerprint density at radius 3 is 2.55 bits per heavy atom. The predicted molar refractivity (Wildman–Crippen MR) is 126 cm³/mol. The van der Waals surface area contributed by atoms with Crippen LogP contribution in [0.4, 0.5) is 0 Å².